The van der Waals surface area contributed by atoms with Crippen LogP contribution >= 0.6 is 0 Å². The van der Waals surface area contributed by atoms with Gasteiger partial charge in [0, 0.05) is 6.42 Å². The van der Waals surface area contributed by atoms with E-state index in [1.807, 2.05) is 24.3 Å². The number of Topliss-reactive ketones (excluding diaryl/α,β-unsaturated/α-hetero) is 1. The summed E-state index contributed by atoms with van der Waals surface area (Å²) >= 11 is 0. The molecule has 20 heavy (non-hydrogen) atoms. The van der Waals surface area contributed by atoms with Crippen molar-refractivity contribution in [1.29, 1.82) is 5.26 Å². The molecule has 1 aliphatic carbocycles. The summed E-state index contributed by atoms with van der Waals surface area (Å²) < 4.78 is 0. The molecule has 1 saturated carbocycles. The van der Waals surface area contributed by atoms with Crippen molar-refractivity contribution in [2.45, 2.75) is 32.1 Å². The van der Waals surface area contributed by atoms with Crippen molar-refractivity contribution in [3.05, 3.63) is 48.0 Å². The van der Waals surface area contributed by atoms with Crippen molar-refractivity contribution in [3.63, 3.8) is 0 Å². The molecule has 0 N–H and O–H groups in total. The summed E-state index contributed by atoms with van der Waals surface area (Å²) in [4.78, 5) is 12.3. The second-order valence-electron chi connectivity index (χ2n) is 5.64. The van der Waals surface area contributed by atoms with Crippen LogP contribution in [0.1, 0.15) is 31.2 Å². The Balaban J connectivity index is 2.04. The van der Waals surface area contributed by atoms with Crippen molar-refractivity contribution in [1.82, 2.24) is 0 Å². The number of nitriles is 1. The third kappa shape index (κ3) is 2.10. The van der Waals surface area contributed by atoms with Crippen LogP contribution in [0.15, 0.2) is 42.5 Å². The zero-order chi connectivity index (χ0) is 14.0. The normalized spacial score (nSPS) is 22.6. The minimum absolute atomic E-state index is 0.124. The quantitative estimate of drug-likeness (QED) is 0.820. The summed E-state index contributed by atoms with van der Waals surface area (Å²) in [5, 5.41) is 11.9. The Kier molecular flexibility index (Phi) is 3.28. The van der Waals surface area contributed by atoms with E-state index in [0.717, 1.165) is 23.8 Å². The van der Waals surface area contributed by atoms with Crippen LogP contribution in [-0.2, 0) is 11.2 Å². The monoisotopic (exact) mass is 263 g/mol. The molecule has 2 aromatic carbocycles. The molecule has 1 fully saturated rings. The Labute approximate surface area is 119 Å². The highest BCUT2D eigenvalue weighted by Crippen LogP contribution is 2.37. The average molecular weight is 263 g/mol. The molecule has 1 unspecified atom stereocenters. The van der Waals surface area contributed by atoms with Gasteiger partial charge in [-0.3, -0.25) is 4.79 Å². The Bertz CT molecular complexity index is 693. The molecule has 0 radical (unpaired) electrons. The predicted octanol–water partition coefficient (Wildman–Crippen LogP) is 4.04. The molecular formula is C18H17NO. The fourth-order valence-electron chi connectivity index (χ4n) is 3.21. The first-order valence-corrected chi connectivity index (χ1v) is 7.16. The fraction of sp³-hybridized carbons (Fsp3) is 0.333. The number of hydrogen-bond donors (Lipinski definition) is 0. The van der Waals surface area contributed by atoms with Gasteiger partial charge in [-0.15, -0.1) is 0 Å². The molecule has 0 heterocycles. The Hall–Kier alpha value is -2.14. The number of hydrogen-bond acceptors (Lipinski definition) is 2. The van der Waals surface area contributed by atoms with Crippen LogP contribution in [0, 0.1) is 16.7 Å². The van der Waals surface area contributed by atoms with E-state index in [1.165, 1.54) is 5.39 Å². The van der Waals surface area contributed by atoms with Crippen LogP contribution in [-0.4, -0.2) is 5.78 Å². The van der Waals surface area contributed by atoms with Gasteiger partial charge in [0.25, 0.3) is 0 Å². The SMILES string of the molecule is N#CC1(Cc2cccc3ccccc23)CCCCC1=O. The smallest absolute Gasteiger partial charge is 0.153 e. The van der Waals surface area contributed by atoms with Gasteiger partial charge in [0.1, 0.15) is 5.41 Å². The largest absolute Gasteiger partial charge is 0.298 e. The summed E-state index contributed by atoms with van der Waals surface area (Å²) in [7, 11) is 0. The standard InChI is InChI=1S/C18H17NO/c19-13-18(11-4-3-10-17(18)20)12-15-8-5-7-14-6-1-2-9-16(14)15/h1-2,5-9H,3-4,10-12H2. The minimum Gasteiger partial charge on any atom is -0.298 e. The lowest BCUT2D eigenvalue weighted by atomic mass is 9.70. The summed E-state index contributed by atoms with van der Waals surface area (Å²) in [5.74, 6) is 0.124. The van der Waals surface area contributed by atoms with E-state index in [0.29, 0.717) is 19.3 Å². The first kappa shape index (κ1) is 12.9. The topological polar surface area (TPSA) is 40.9 Å². The zero-order valence-electron chi connectivity index (χ0n) is 11.4. The molecule has 0 aliphatic heterocycles. The molecule has 1 atom stereocenters. The fourth-order valence-corrected chi connectivity index (χ4v) is 3.21. The van der Waals surface area contributed by atoms with E-state index in [9.17, 15) is 10.1 Å². The molecule has 0 amide bonds. The molecular weight excluding hydrogens is 246 g/mol. The summed E-state index contributed by atoms with van der Waals surface area (Å²) in [5.41, 5.74) is 0.308. The van der Waals surface area contributed by atoms with E-state index in [4.69, 9.17) is 0 Å². The number of fused-ring (bicyclic) bond motifs is 1. The van der Waals surface area contributed by atoms with Crippen LogP contribution in [0.2, 0.25) is 0 Å². The van der Waals surface area contributed by atoms with Gasteiger partial charge in [0.05, 0.1) is 6.07 Å². The molecule has 1 aliphatic rings. The molecule has 0 bridgehead atoms. The van der Waals surface area contributed by atoms with Gasteiger partial charge in [-0.1, -0.05) is 48.9 Å². The van der Waals surface area contributed by atoms with Crippen LogP contribution in [0.5, 0.6) is 0 Å². The first-order valence-electron chi connectivity index (χ1n) is 7.16. The molecule has 0 saturated heterocycles. The summed E-state index contributed by atoms with van der Waals surface area (Å²) in [6.07, 6.45) is 3.70. The number of nitrogens with zero attached hydrogens (tertiary/aromatic N) is 1. The van der Waals surface area contributed by atoms with Gasteiger partial charge < -0.3 is 0 Å². The van der Waals surface area contributed by atoms with E-state index in [-0.39, 0.29) is 5.78 Å². The number of ketones is 1. The van der Waals surface area contributed by atoms with E-state index in [1.54, 1.807) is 0 Å². The first-order chi connectivity index (χ1) is 9.75. The maximum Gasteiger partial charge on any atom is 0.153 e. The molecule has 2 aromatic rings. The molecule has 2 nitrogen and oxygen atoms in total. The van der Waals surface area contributed by atoms with Gasteiger partial charge in [-0.2, -0.15) is 5.26 Å². The Morgan fingerprint density at radius 3 is 2.70 bits per heavy atom. The van der Waals surface area contributed by atoms with Crippen LogP contribution in [0.4, 0.5) is 0 Å². The van der Waals surface area contributed by atoms with Crippen molar-refractivity contribution in [3.8, 4) is 6.07 Å². The van der Waals surface area contributed by atoms with Gasteiger partial charge in [0.2, 0.25) is 0 Å². The third-order valence-corrected chi connectivity index (χ3v) is 4.38. The second-order valence-corrected chi connectivity index (χ2v) is 5.64. The van der Waals surface area contributed by atoms with Crippen molar-refractivity contribution in [2.75, 3.05) is 0 Å². The molecule has 100 valence electrons. The predicted molar refractivity (Wildman–Crippen MR) is 79.2 cm³/mol. The lowest BCUT2D eigenvalue weighted by Crippen LogP contribution is -2.35. The van der Waals surface area contributed by atoms with Crippen LogP contribution in [0.3, 0.4) is 0 Å². The maximum absolute atomic E-state index is 12.3. The van der Waals surface area contributed by atoms with Crippen LogP contribution in [0.25, 0.3) is 10.8 Å². The summed E-state index contributed by atoms with van der Waals surface area (Å²) in [6, 6.07) is 16.6. The van der Waals surface area contributed by atoms with Gasteiger partial charge in [-0.05, 0) is 35.6 Å². The highest BCUT2D eigenvalue weighted by atomic mass is 16.1. The van der Waals surface area contributed by atoms with Gasteiger partial charge in [0.15, 0.2) is 5.78 Å². The molecule has 2 heteroatoms. The summed E-state index contributed by atoms with van der Waals surface area (Å²) in [6.45, 7) is 0. The Morgan fingerprint density at radius 2 is 1.90 bits per heavy atom. The number of rotatable bonds is 2. The number of carbonyl (C=O) groups excluding carboxylic acids is 1. The number of carbonyl (C=O) groups is 1. The highest BCUT2D eigenvalue weighted by molar-refractivity contribution is 5.90. The maximum atomic E-state index is 12.3. The van der Waals surface area contributed by atoms with E-state index >= 15 is 0 Å². The van der Waals surface area contributed by atoms with E-state index < -0.39 is 5.41 Å². The zero-order valence-corrected chi connectivity index (χ0v) is 11.4. The van der Waals surface area contributed by atoms with Crippen LogP contribution < -0.4 is 0 Å². The van der Waals surface area contributed by atoms with Gasteiger partial charge >= 0.3 is 0 Å². The van der Waals surface area contributed by atoms with Crippen molar-refractivity contribution in [2.24, 2.45) is 5.41 Å². The highest BCUT2D eigenvalue weighted by Gasteiger charge is 2.40. The molecule has 0 spiro atoms. The van der Waals surface area contributed by atoms with E-state index in [2.05, 4.69) is 24.3 Å². The lowest BCUT2D eigenvalue weighted by molar-refractivity contribution is -0.128. The lowest BCUT2D eigenvalue weighted by Gasteiger charge is -2.29. The molecule has 3 rings (SSSR count). The average Bonchev–Trinajstić information content (AvgIpc) is 2.50. The van der Waals surface area contributed by atoms with Crippen molar-refractivity contribution >= 4 is 16.6 Å². The molecule has 0 aromatic heterocycles. The second kappa shape index (κ2) is 5.09. The van der Waals surface area contributed by atoms with Crippen molar-refractivity contribution < 1.29 is 4.79 Å². The third-order valence-electron chi connectivity index (χ3n) is 4.38. The van der Waals surface area contributed by atoms with Gasteiger partial charge in [-0.25, -0.2) is 0 Å². The minimum atomic E-state index is -0.803. The number of benzene rings is 2. The Morgan fingerprint density at radius 1 is 1.10 bits per heavy atom.